The van der Waals surface area contributed by atoms with Crippen molar-refractivity contribution in [1.29, 1.82) is 0 Å². The highest BCUT2D eigenvalue weighted by molar-refractivity contribution is 7.97. The van der Waals surface area contributed by atoms with Gasteiger partial charge in [0.15, 0.2) is 0 Å². The van der Waals surface area contributed by atoms with E-state index in [-0.39, 0.29) is 24.0 Å². The predicted molar refractivity (Wildman–Crippen MR) is 81.4 cm³/mol. The molecule has 0 saturated carbocycles. The van der Waals surface area contributed by atoms with Crippen LogP contribution in [0.15, 0.2) is 0 Å². The van der Waals surface area contributed by atoms with Crippen LogP contribution in [0, 0.1) is 5.92 Å². The van der Waals surface area contributed by atoms with Gasteiger partial charge in [-0.15, -0.1) is 0 Å². The van der Waals surface area contributed by atoms with Crippen molar-refractivity contribution >= 4 is 23.9 Å². The summed E-state index contributed by atoms with van der Waals surface area (Å²) in [6.45, 7) is 8.35. The van der Waals surface area contributed by atoms with Crippen LogP contribution in [-0.2, 0) is 9.53 Å². The third-order valence-electron chi connectivity index (χ3n) is 3.56. The highest BCUT2D eigenvalue weighted by atomic mass is 32.2. The number of piperidine rings is 1. The Bertz CT molecular complexity index is 349. The number of ether oxygens (including phenoxy) is 1. The molecule has 5 nitrogen and oxygen atoms in total. The van der Waals surface area contributed by atoms with Gasteiger partial charge in [0.25, 0.3) is 0 Å². The molecule has 0 N–H and O–H groups in total. The molecule has 20 heavy (non-hydrogen) atoms. The van der Waals surface area contributed by atoms with Crippen molar-refractivity contribution in [3.05, 3.63) is 0 Å². The van der Waals surface area contributed by atoms with Crippen LogP contribution in [0.2, 0.25) is 0 Å². The van der Waals surface area contributed by atoms with Crippen LogP contribution >= 0.6 is 11.9 Å². The van der Waals surface area contributed by atoms with E-state index >= 15 is 0 Å². The molecule has 1 rings (SSSR count). The third kappa shape index (κ3) is 4.30. The van der Waals surface area contributed by atoms with E-state index in [1.807, 2.05) is 4.90 Å². The topological polar surface area (TPSA) is 49.9 Å². The fourth-order valence-electron chi connectivity index (χ4n) is 2.52. The molecule has 6 heteroatoms. The van der Waals surface area contributed by atoms with Gasteiger partial charge in [-0.25, -0.2) is 4.79 Å². The Morgan fingerprint density at radius 2 is 2.15 bits per heavy atom. The lowest BCUT2D eigenvalue weighted by molar-refractivity contribution is -0.142. The van der Waals surface area contributed by atoms with Crippen molar-refractivity contribution in [2.45, 2.75) is 52.6 Å². The summed E-state index contributed by atoms with van der Waals surface area (Å²) in [6, 6.07) is 0.541. The fraction of sp³-hybridized carbons (Fsp3) is 0.857. The van der Waals surface area contributed by atoms with Crippen molar-refractivity contribution in [3.63, 3.8) is 0 Å². The number of carbonyl (C=O) groups is 2. The van der Waals surface area contributed by atoms with Gasteiger partial charge in [0, 0.05) is 30.8 Å². The van der Waals surface area contributed by atoms with Gasteiger partial charge in [-0.2, -0.15) is 0 Å². The molecule has 2 atom stereocenters. The second-order valence-corrected chi connectivity index (χ2v) is 6.59. The molecule has 116 valence electrons. The van der Waals surface area contributed by atoms with Gasteiger partial charge in [-0.3, -0.25) is 9.10 Å². The Kier molecular flexibility index (Phi) is 6.65. The maximum Gasteiger partial charge on any atom is 0.419 e. The van der Waals surface area contributed by atoms with Crippen LogP contribution in [0.1, 0.15) is 40.5 Å². The lowest BCUT2D eigenvalue weighted by Gasteiger charge is -2.40. The summed E-state index contributed by atoms with van der Waals surface area (Å²) < 4.78 is 6.38. The van der Waals surface area contributed by atoms with Gasteiger partial charge < -0.3 is 9.64 Å². The second kappa shape index (κ2) is 7.76. The van der Waals surface area contributed by atoms with E-state index in [1.54, 1.807) is 14.0 Å². The summed E-state index contributed by atoms with van der Waals surface area (Å²) in [4.78, 5) is 25.9. The molecule has 1 fully saturated rings. The summed E-state index contributed by atoms with van der Waals surface area (Å²) in [5.74, 6) is 0.836. The van der Waals surface area contributed by atoms with Crippen LogP contribution < -0.4 is 0 Å². The molecule has 0 spiro atoms. The quantitative estimate of drug-likeness (QED) is 0.733. The summed E-state index contributed by atoms with van der Waals surface area (Å²) >= 11 is 1.36. The number of hydrogen-bond donors (Lipinski definition) is 0. The molecular weight excluding hydrogens is 276 g/mol. The normalized spacial score (nSPS) is 23.1. The Hall–Kier alpha value is -0.910. The van der Waals surface area contributed by atoms with Gasteiger partial charge in [0.2, 0.25) is 5.91 Å². The largest absolute Gasteiger partial charge is 0.449 e. The number of rotatable bonds is 5. The van der Waals surface area contributed by atoms with Crippen molar-refractivity contribution in [2.75, 3.05) is 19.4 Å². The van der Waals surface area contributed by atoms with Gasteiger partial charge in [-0.1, -0.05) is 0 Å². The van der Waals surface area contributed by atoms with Crippen molar-refractivity contribution in [1.82, 2.24) is 9.21 Å². The Labute approximate surface area is 126 Å². The van der Waals surface area contributed by atoms with Gasteiger partial charge >= 0.3 is 6.09 Å². The maximum atomic E-state index is 12.5. The lowest BCUT2D eigenvalue weighted by atomic mass is 9.93. The summed E-state index contributed by atoms with van der Waals surface area (Å²) in [6.07, 6.45) is 1.57. The van der Waals surface area contributed by atoms with E-state index in [9.17, 15) is 9.59 Å². The van der Waals surface area contributed by atoms with Crippen LogP contribution in [0.4, 0.5) is 4.79 Å². The average Bonchev–Trinajstić information content (AvgIpc) is 2.37. The van der Waals surface area contributed by atoms with Crippen LogP contribution in [0.25, 0.3) is 0 Å². The maximum absolute atomic E-state index is 12.5. The minimum absolute atomic E-state index is 0.00419. The molecule has 0 aromatic heterocycles. The molecule has 1 aliphatic rings. The van der Waals surface area contributed by atoms with Crippen molar-refractivity contribution in [3.8, 4) is 0 Å². The first-order valence-electron chi connectivity index (χ1n) is 7.24. The van der Waals surface area contributed by atoms with Crippen molar-refractivity contribution in [2.24, 2.45) is 5.92 Å². The number of amides is 2. The van der Waals surface area contributed by atoms with E-state index in [0.717, 1.165) is 12.8 Å². The van der Waals surface area contributed by atoms with Crippen LogP contribution in [0.5, 0.6) is 0 Å². The van der Waals surface area contributed by atoms with Crippen LogP contribution in [0.3, 0.4) is 0 Å². The van der Waals surface area contributed by atoms with E-state index in [1.165, 1.54) is 16.3 Å². The SMILES string of the molecule is CCOC(=O)N(C)SCC1CCC(C)N(C(C)C)C1=O. The number of hydrogen-bond acceptors (Lipinski definition) is 4. The monoisotopic (exact) mass is 302 g/mol. The molecule has 2 amide bonds. The van der Waals surface area contributed by atoms with E-state index in [2.05, 4.69) is 20.8 Å². The summed E-state index contributed by atoms with van der Waals surface area (Å²) in [5, 5.41) is 0. The fourth-order valence-corrected chi connectivity index (χ4v) is 3.39. The smallest absolute Gasteiger partial charge is 0.419 e. The molecule has 1 saturated heterocycles. The third-order valence-corrected chi connectivity index (χ3v) is 4.65. The number of likely N-dealkylation sites (tertiary alicyclic amines) is 1. The highest BCUT2D eigenvalue weighted by Crippen LogP contribution is 2.28. The van der Waals surface area contributed by atoms with E-state index in [0.29, 0.717) is 18.4 Å². The molecular formula is C14H26N2O3S. The first-order chi connectivity index (χ1) is 9.38. The standard InChI is InChI=1S/C14H26N2O3S/c1-6-19-14(18)15(5)20-9-12-8-7-11(4)16(10(2)3)13(12)17/h10-12H,6-9H2,1-5H3. The summed E-state index contributed by atoms with van der Waals surface area (Å²) in [7, 11) is 1.68. The zero-order chi connectivity index (χ0) is 15.3. The predicted octanol–water partition coefficient (Wildman–Crippen LogP) is 2.76. The zero-order valence-corrected chi connectivity index (χ0v) is 13.9. The molecule has 1 aliphatic heterocycles. The van der Waals surface area contributed by atoms with Gasteiger partial charge in [0.05, 0.1) is 6.61 Å². The second-order valence-electron chi connectivity index (χ2n) is 5.45. The molecule has 0 aliphatic carbocycles. The summed E-state index contributed by atoms with van der Waals surface area (Å²) in [5.41, 5.74) is 0. The Balaban J connectivity index is 2.52. The lowest BCUT2D eigenvalue weighted by Crippen LogP contribution is -2.50. The molecule has 0 aromatic rings. The number of nitrogens with zero attached hydrogens (tertiary/aromatic N) is 2. The first kappa shape index (κ1) is 17.1. The Morgan fingerprint density at radius 3 is 2.70 bits per heavy atom. The van der Waals surface area contributed by atoms with Crippen molar-refractivity contribution < 1.29 is 14.3 Å². The number of carbonyl (C=O) groups excluding carboxylic acids is 2. The Morgan fingerprint density at radius 1 is 1.50 bits per heavy atom. The van der Waals surface area contributed by atoms with E-state index < -0.39 is 0 Å². The minimum atomic E-state index is -0.352. The molecule has 0 aromatic carbocycles. The minimum Gasteiger partial charge on any atom is -0.449 e. The van der Waals surface area contributed by atoms with Gasteiger partial charge in [-0.05, 0) is 52.5 Å². The molecule has 2 unspecified atom stereocenters. The van der Waals surface area contributed by atoms with Gasteiger partial charge in [0.1, 0.15) is 0 Å². The van der Waals surface area contributed by atoms with Crippen LogP contribution in [-0.4, -0.2) is 52.7 Å². The molecule has 0 radical (unpaired) electrons. The average molecular weight is 302 g/mol. The first-order valence-corrected chi connectivity index (χ1v) is 8.18. The highest BCUT2D eigenvalue weighted by Gasteiger charge is 2.34. The molecule has 1 heterocycles. The molecule has 0 bridgehead atoms. The van der Waals surface area contributed by atoms with E-state index in [4.69, 9.17) is 4.74 Å². The zero-order valence-electron chi connectivity index (χ0n) is 13.1.